The molecular formula is C19H22N6S. The van der Waals surface area contributed by atoms with Gasteiger partial charge in [0.25, 0.3) is 0 Å². The Morgan fingerprint density at radius 2 is 2.04 bits per heavy atom. The fraction of sp³-hybridized carbons (Fsp3) is 0.368. The molecule has 0 bridgehead atoms. The third-order valence-corrected chi connectivity index (χ3v) is 6.25. The van der Waals surface area contributed by atoms with Gasteiger partial charge in [-0.05, 0) is 43.6 Å². The van der Waals surface area contributed by atoms with Crippen LogP contribution in [0.4, 0.5) is 5.69 Å². The van der Waals surface area contributed by atoms with E-state index in [0.717, 1.165) is 34.6 Å². The van der Waals surface area contributed by atoms with Gasteiger partial charge in [-0.3, -0.25) is 9.08 Å². The number of thiazole rings is 1. The first-order valence-corrected chi connectivity index (χ1v) is 9.87. The molecule has 0 saturated carbocycles. The number of aryl methyl sites for hydroxylation is 1. The Balaban J connectivity index is 1.54. The van der Waals surface area contributed by atoms with Crippen LogP contribution in [0.5, 0.6) is 0 Å². The summed E-state index contributed by atoms with van der Waals surface area (Å²) in [5, 5.41) is 12.4. The van der Waals surface area contributed by atoms with E-state index in [2.05, 4.69) is 50.9 Å². The monoisotopic (exact) mass is 366 g/mol. The first-order valence-electron chi connectivity index (χ1n) is 9.06. The summed E-state index contributed by atoms with van der Waals surface area (Å²) < 4.78 is 4.05. The van der Waals surface area contributed by atoms with Gasteiger partial charge in [0.15, 0.2) is 4.96 Å². The largest absolute Gasteiger partial charge is 0.386 e. The summed E-state index contributed by atoms with van der Waals surface area (Å²) in [6, 6.07) is 4.39. The predicted molar refractivity (Wildman–Crippen MR) is 107 cm³/mol. The molecule has 2 N–H and O–H groups in total. The van der Waals surface area contributed by atoms with Crippen LogP contribution in [-0.4, -0.2) is 39.3 Å². The third-order valence-electron chi connectivity index (χ3n) is 5.21. The fourth-order valence-corrected chi connectivity index (χ4v) is 4.81. The molecule has 4 heterocycles. The van der Waals surface area contributed by atoms with Crippen LogP contribution in [0.25, 0.3) is 26.3 Å². The minimum absolute atomic E-state index is 0.592. The average Bonchev–Trinajstić information content (AvgIpc) is 3.33. The summed E-state index contributed by atoms with van der Waals surface area (Å²) in [5.41, 5.74) is 4.50. The van der Waals surface area contributed by atoms with Crippen molar-refractivity contribution in [3.8, 4) is 10.4 Å². The van der Waals surface area contributed by atoms with Gasteiger partial charge in [0.2, 0.25) is 0 Å². The highest BCUT2D eigenvalue weighted by Crippen LogP contribution is 2.35. The highest BCUT2D eigenvalue weighted by atomic mass is 32.1. The van der Waals surface area contributed by atoms with Gasteiger partial charge < -0.3 is 10.6 Å². The van der Waals surface area contributed by atoms with Gasteiger partial charge in [-0.2, -0.15) is 5.10 Å². The minimum atomic E-state index is 0.592. The number of aromatic nitrogens is 4. The summed E-state index contributed by atoms with van der Waals surface area (Å²) in [6.45, 7) is 2.19. The van der Waals surface area contributed by atoms with E-state index in [1.165, 1.54) is 29.0 Å². The van der Waals surface area contributed by atoms with Gasteiger partial charge in [-0.25, -0.2) is 4.98 Å². The van der Waals surface area contributed by atoms with E-state index in [9.17, 15) is 0 Å². The summed E-state index contributed by atoms with van der Waals surface area (Å²) >= 11 is 1.75. The maximum Gasteiger partial charge on any atom is 0.194 e. The molecule has 134 valence electrons. The van der Waals surface area contributed by atoms with Crippen LogP contribution in [-0.2, 0) is 7.05 Å². The van der Waals surface area contributed by atoms with Crippen molar-refractivity contribution in [1.82, 2.24) is 24.5 Å². The number of nitrogens with zero attached hydrogens (tertiary/aromatic N) is 4. The van der Waals surface area contributed by atoms with Crippen LogP contribution in [0, 0.1) is 0 Å². The first kappa shape index (κ1) is 15.8. The highest BCUT2D eigenvalue weighted by Gasteiger charge is 2.19. The van der Waals surface area contributed by atoms with Gasteiger partial charge in [0.1, 0.15) is 5.52 Å². The molecule has 26 heavy (non-hydrogen) atoms. The number of hydrogen-bond donors (Lipinski definition) is 2. The second-order valence-corrected chi connectivity index (χ2v) is 8.00. The summed E-state index contributed by atoms with van der Waals surface area (Å²) in [7, 11) is 3.90. The van der Waals surface area contributed by atoms with Gasteiger partial charge in [0.05, 0.1) is 16.3 Å². The molecule has 5 rings (SSSR count). The van der Waals surface area contributed by atoms with E-state index in [-0.39, 0.29) is 0 Å². The van der Waals surface area contributed by atoms with Crippen LogP contribution in [0.2, 0.25) is 0 Å². The zero-order chi connectivity index (χ0) is 17.7. The quantitative estimate of drug-likeness (QED) is 0.583. The molecule has 0 amide bonds. The van der Waals surface area contributed by atoms with E-state index in [1.807, 2.05) is 18.8 Å². The summed E-state index contributed by atoms with van der Waals surface area (Å²) in [5.74, 6) is 0.592. The lowest BCUT2D eigenvalue weighted by Crippen LogP contribution is -2.26. The number of hydrogen-bond acceptors (Lipinski definition) is 5. The second kappa shape index (κ2) is 6.10. The molecule has 1 aromatic carbocycles. The number of benzene rings is 1. The Hall–Kier alpha value is -2.38. The number of rotatable bonds is 3. The van der Waals surface area contributed by atoms with E-state index in [4.69, 9.17) is 4.98 Å². The number of nitrogens with one attached hydrogen (secondary N) is 2. The summed E-state index contributed by atoms with van der Waals surface area (Å²) in [4.78, 5) is 7.22. The van der Waals surface area contributed by atoms with E-state index < -0.39 is 0 Å². The van der Waals surface area contributed by atoms with Crippen molar-refractivity contribution in [2.45, 2.75) is 18.8 Å². The topological polar surface area (TPSA) is 59.2 Å². The molecule has 4 aromatic rings. The van der Waals surface area contributed by atoms with Crippen LogP contribution in [0.15, 0.2) is 30.7 Å². The van der Waals surface area contributed by atoms with Crippen molar-refractivity contribution in [1.29, 1.82) is 0 Å². The molecular weight excluding hydrogens is 344 g/mol. The number of piperidine rings is 1. The van der Waals surface area contributed by atoms with E-state index in [1.54, 1.807) is 11.3 Å². The average molecular weight is 366 g/mol. The number of anilines is 1. The lowest BCUT2D eigenvalue weighted by atomic mass is 9.95. The van der Waals surface area contributed by atoms with Crippen molar-refractivity contribution < 1.29 is 0 Å². The molecule has 0 aliphatic carbocycles. The zero-order valence-corrected chi connectivity index (χ0v) is 15.8. The van der Waals surface area contributed by atoms with Crippen molar-refractivity contribution in [2.24, 2.45) is 7.05 Å². The minimum Gasteiger partial charge on any atom is -0.386 e. The van der Waals surface area contributed by atoms with Gasteiger partial charge in [0, 0.05) is 44.0 Å². The molecule has 1 aliphatic rings. The molecule has 0 unspecified atom stereocenters. The predicted octanol–water partition coefficient (Wildman–Crippen LogP) is 3.46. The first-order chi connectivity index (χ1) is 12.7. The fourth-order valence-electron chi connectivity index (χ4n) is 3.85. The van der Waals surface area contributed by atoms with Crippen molar-refractivity contribution in [3.05, 3.63) is 36.4 Å². The molecule has 1 fully saturated rings. The third kappa shape index (κ3) is 2.59. The molecule has 0 spiro atoms. The lowest BCUT2D eigenvalue weighted by molar-refractivity contribution is 0.454. The van der Waals surface area contributed by atoms with Crippen LogP contribution < -0.4 is 10.6 Å². The Morgan fingerprint density at radius 3 is 2.81 bits per heavy atom. The summed E-state index contributed by atoms with van der Waals surface area (Å²) in [6.07, 6.45) is 8.84. The molecule has 0 atom stereocenters. The van der Waals surface area contributed by atoms with Gasteiger partial charge in [-0.1, -0.05) is 11.3 Å². The molecule has 6 nitrogen and oxygen atoms in total. The molecule has 0 radical (unpaired) electrons. The maximum atomic E-state index is 4.91. The molecule has 1 saturated heterocycles. The molecule has 1 aliphatic heterocycles. The van der Waals surface area contributed by atoms with Gasteiger partial charge >= 0.3 is 0 Å². The normalized spacial score (nSPS) is 15.9. The lowest BCUT2D eigenvalue weighted by Gasteiger charge is -2.20. The Bertz CT molecular complexity index is 1050. The number of fused-ring (bicyclic) bond motifs is 2. The Labute approximate surface area is 155 Å². The van der Waals surface area contributed by atoms with Crippen molar-refractivity contribution in [2.75, 3.05) is 25.5 Å². The smallest absolute Gasteiger partial charge is 0.194 e. The second-order valence-electron chi connectivity index (χ2n) is 6.99. The molecule has 3 aromatic heterocycles. The van der Waals surface area contributed by atoms with Crippen LogP contribution >= 0.6 is 11.3 Å². The Kier molecular flexibility index (Phi) is 3.72. The van der Waals surface area contributed by atoms with Crippen molar-refractivity contribution in [3.63, 3.8) is 0 Å². The van der Waals surface area contributed by atoms with Crippen LogP contribution in [0.3, 0.4) is 0 Å². The van der Waals surface area contributed by atoms with Crippen LogP contribution in [0.1, 0.15) is 24.5 Å². The Morgan fingerprint density at radius 1 is 1.19 bits per heavy atom. The number of imidazole rings is 1. The van der Waals surface area contributed by atoms with Crippen molar-refractivity contribution >= 4 is 32.9 Å². The maximum absolute atomic E-state index is 4.91. The standard InChI is InChI=1S/C19H22N6S/c1-20-15-8-13(7-14-9-24(2)23-18(14)15)17-11-25-10-16(22-19(25)26-17)12-3-5-21-6-4-12/h7-12,20-21H,3-6H2,1-2H3. The van der Waals surface area contributed by atoms with E-state index in [0.29, 0.717) is 5.92 Å². The molecule has 7 heteroatoms. The van der Waals surface area contributed by atoms with E-state index >= 15 is 0 Å². The SMILES string of the molecule is CNc1cc(-c2cn3cc(C4CCNCC4)nc3s2)cc2cn(C)nc12. The zero-order valence-electron chi connectivity index (χ0n) is 15.0. The highest BCUT2D eigenvalue weighted by molar-refractivity contribution is 7.20. The van der Waals surface area contributed by atoms with Gasteiger partial charge in [-0.15, -0.1) is 0 Å².